The van der Waals surface area contributed by atoms with Crippen molar-refractivity contribution in [3.05, 3.63) is 81.8 Å². The second-order valence-corrected chi connectivity index (χ2v) is 7.44. The van der Waals surface area contributed by atoms with Crippen LogP contribution < -0.4 is 5.32 Å². The summed E-state index contributed by atoms with van der Waals surface area (Å²) >= 11 is 7.34. The summed E-state index contributed by atoms with van der Waals surface area (Å²) in [6, 6.07) is 19.3. The third-order valence-electron chi connectivity index (χ3n) is 4.14. The van der Waals surface area contributed by atoms with Crippen molar-refractivity contribution in [1.29, 1.82) is 0 Å². The molecule has 1 amide bonds. The predicted octanol–water partition coefficient (Wildman–Crippen LogP) is 4.98. The van der Waals surface area contributed by atoms with Crippen LogP contribution in [0, 0.1) is 6.92 Å². The van der Waals surface area contributed by atoms with E-state index < -0.39 is 0 Å². The molecule has 1 N–H and O–H groups in total. The van der Waals surface area contributed by atoms with Crippen LogP contribution in [0.1, 0.15) is 20.9 Å². The lowest BCUT2D eigenvalue weighted by atomic mass is 10.2. The standard InChI is InChI=1S/C20H16ClN3OS/c1-13-17-11-18(19(25)22-12-14-7-9-15(21)10-8-14)26-20(17)24(23-13)16-5-3-2-4-6-16/h2-11H,12H2,1H3,(H,22,25). The van der Waals surface area contributed by atoms with Gasteiger partial charge in [0.2, 0.25) is 0 Å². The Morgan fingerprint density at radius 3 is 2.62 bits per heavy atom. The number of amides is 1. The van der Waals surface area contributed by atoms with E-state index in [0.29, 0.717) is 16.4 Å². The monoisotopic (exact) mass is 381 g/mol. The zero-order valence-corrected chi connectivity index (χ0v) is 15.6. The number of carbonyl (C=O) groups excluding carboxylic acids is 1. The number of rotatable bonds is 4. The molecule has 4 nitrogen and oxygen atoms in total. The number of benzene rings is 2. The highest BCUT2D eigenvalue weighted by atomic mass is 35.5. The van der Waals surface area contributed by atoms with Gasteiger partial charge in [-0.1, -0.05) is 41.9 Å². The Labute approximate surface area is 160 Å². The largest absolute Gasteiger partial charge is 0.347 e. The fourth-order valence-corrected chi connectivity index (χ4v) is 4.00. The van der Waals surface area contributed by atoms with E-state index in [9.17, 15) is 4.79 Å². The molecule has 0 saturated carbocycles. The molecule has 26 heavy (non-hydrogen) atoms. The van der Waals surface area contributed by atoms with Gasteiger partial charge in [-0.2, -0.15) is 5.10 Å². The average Bonchev–Trinajstić information content (AvgIpc) is 3.23. The molecule has 0 radical (unpaired) electrons. The molecule has 2 heterocycles. The first kappa shape index (κ1) is 16.8. The summed E-state index contributed by atoms with van der Waals surface area (Å²) in [5.41, 5.74) is 2.91. The highest BCUT2D eigenvalue weighted by Gasteiger charge is 2.17. The molecule has 4 aromatic rings. The maximum Gasteiger partial charge on any atom is 0.261 e. The van der Waals surface area contributed by atoms with Crippen molar-refractivity contribution in [3.8, 4) is 5.69 Å². The molecule has 0 aliphatic rings. The quantitative estimate of drug-likeness (QED) is 0.542. The van der Waals surface area contributed by atoms with Gasteiger partial charge >= 0.3 is 0 Å². The molecule has 2 aromatic heterocycles. The second kappa shape index (κ2) is 6.94. The van der Waals surface area contributed by atoms with Crippen LogP contribution in [0.4, 0.5) is 0 Å². The first-order valence-electron chi connectivity index (χ1n) is 8.19. The number of para-hydroxylation sites is 1. The second-order valence-electron chi connectivity index (χ2n) is 5.97. The van der Waals surface area contributed by atoms with Crippen molar-refractivity contribution in [2.75, 3.05) is 0 Å². The van der Waals surface area contributed by atoms with Crippen LogP contribution in [-0.2, 0) is 6.54 Å². The maximum atomic E-state index is 12.6. The van der Waals surface area contributed by atoms with Crippen LogP contribution in [0.25, 0.3) is 15.9 Å². The Hall–Kier alpha value is -2.63. The maximum absolute atomic E-state index is 12.6. The van der Waals surface area contributed by atoms with Gasteiger partial charge in [0.1, 0.15) is 4.83 Å². The lowest BCUT2D eigenvalue weighted by Gasteiger charge is -2.04. The minimum absolute atomic E-state index is 0.0832. The number of halogens is 1. The smallest absolute Gasteiger partial charge is 0.261 e. The molecule has 4 rings (SSSR count). The van der Waals surface area contributed by atoms with E-state index >= 15 is 0 Å². The number of carbonyl (C=O) groups is 1. The molecule has 0 saturated heterocycles. The number of fused-ring (bicyclic) bond motifs is 1. The summed E-state index contributed by atoms with van der Waals surface area (Å²) < 4.78 is 1.89. The Morgan fingerprint density at radius 2 is 1.88 bits per heavy atom. The van der Waals surface area contributed by atoms with E-state index in [-0.39, 0.29) is 5.91 Å². The minimum Gasteiger partial charge on any atom is -0.347 e. The summed E-state index contributed by atoms with van der Waals surface area (Å²) in [5.74, 6) is -0.0832. The molecule has 0 aliphatic carbocycles. The van der Waals surface area contributed by atoms with Gasteiger partial charge in [-0.25, -0.2) is 4.68 Å². The average molecular weight is 382 g/mol. The van der Waals surface area contributed by atoms with E-state index in [1.165, 1.54) is 11.3 Å². The number of aryl methyl sites for hydroxylation is 1. The normalized spacial score (nSPS) is 11.0. The fraction of sp³-hybridized carbons (Fsp3) is 0.100. The molecule has 130 valence electrons. The molecule has 0 bridgehead atoms. The molecule has 0 spiro atoms. The van der Waals surface area contributed by atoms with E-state index in [4.69, 9.17) is 11.6 Å². The molecule has 0 fully saturated rings. The van der Waals surface area contributed by atoms with Crippen LogP contribution in [0.15, 0.2) is 60.7 Å². The van der Waals surface area contributed by atoms with Gasteiger partial charge in [-0.05, 0) is 42.8 Å². The number of hydrogen-bond acceptors (Lipinski definition) is 3. The molecule has 6 heteroatoms. The van der Waals surface area contributed by atoms with E-state index in [1.54, 1.807) is 0 Å². The number of nitrogens with zero attached hydrogens (tertiary/aromatic N) is 2. The highest BCUT2D eigenvalue weighted by molar-refractivity contribution is 7.20. The predicted molar refractivity (Wildman–Crippen MR) is 106 cm³/mol. The van der Waals surface area contributed by atoms with Gasteiger partial charge in [-0.3, -0.25) is 4.79 Å². The zero-order valence-electron chi connectivity index (χ0n) is 14.1. The number of hydrogen-bond donors (Lipinski definition) is 1. The van der Waals surface area contributed by atoms with E-state index in [1.807, 2.05) is 72.3 Å². The zero-order chi connectivity index (χ0) is 18.1. The molecule has 0 aliphatic heterocycles. The Bertz CT molecular complexity index is 1070. The summed E-state index contributed by atoms with van der Waals surface area (Å²) in [4.78, 5) is 14.2. The molecule has 2 aromatic carbocycles. The van der Waals surface area contributed by atoms with Crippen LogP contribution in [0.5, 0.6) is 0 Å². The van der Waals surface area contributed by atoms with Crippen molar-refractivity contribution in [3.63, 3.8) is 0 Å². The lowest BCUT2D eigenvalue weighted by molar-refractivity contribution is 0.0955. The van der Waals surface area contributed by atoms with Crippen LogP contribution in [0.3, 0.4) is 0 Å². The highest BCUT2D eigenvalue weighted by Crippen LogP contribution is 2.30. The summed E-state index contributed by atoms with van der Waals surface area (Å²) in [6.07, 6.45) is 0. The molecular weight excluding hydrogens is 366 g/mol. The van der Waals surface area contributed by atoms with Crippen LogP contribution in [0.2, 0.25) is 5.02 Å². The van der Waals surface area contributed by atoms with Crippen molar-refractivity contribution in [2.45, 2.75) is 13.5 Å². The van der Waals surface area contributed by atoms with Gasteiger partial charge in [0.15, 0.2) is 0 Å². The Morgan fingerprint density at radius 1 is 1.15 bits per heavy atom. The topological polar surface area (TPSA) is 46.9 Å². The SMILES string of the molecule is Cc1nn(-c2ccccc2)c2sc(C(=O)NCc3ccc(Cl)cc3)cc12. The number of nitrogens with one attached hydrogen (secondary N) is 1. The fourth-order valence-electron chi connectivity index (χ4n) is 2.78. The summed E-state index contributed by atoms with van der Waals surface area (Å²) in [5, 5.41) is 9.26. The van der Waals surface area contributed by atoms with Crippen molar-refractivity contribution < 1.29 is 4.79 Å². The number of aromatic nitrogens is 2. The van der Waals surface area contributed by atoms with Gasteiger partial charge in [0.25, 0.3) is 5.91 Å². The molecular formula is C20H16ClN3OS. The summed E-state index contributed by atoms with van der Waals surface area (Å²) in [6.45, 7) is 2.43. The summed E-state index contributed by atoms with van der Waals surface area (Å²) in [7, 11) is 0. The molecule has 0 unspecified atom stereocenters. The van der Waals surface area contributed by atoms with Gasteiger partial charge < -0.3 is 5.32 Å². The van der Waals surface area contributed by atoms with Gasteiger partial charge in [0.05, 0.1) is 16.3 Å². The lowest BCUT2D eigenvalue weighted by Crippen LogP contribution is -2.21. The number of thiophene rings is 1. The van der Waals surface area contributed by atoms with Gasteiger partial charge in [0, 0.05) is 17.0 Å². The van der Waals surface area contributed by atoms with Crippen LogP contribution >= 0.6 is 22.9 Å². The third kappa shape index (κ3) is 3.23. The van der Waals surface area contributed by atoms with E-state index in [0.717, 1.165) is 27.2 Å². The first-order valence-corrected chi connectivity index (χ1v) is 9.38. The minimum atomic E-state index is -0.0832. The van der Waals surface area contributed by atoms with Gasteiger partial charge in [-0.15, -0.1) is 11.3 Å². The molecule has 0 atom stereocenters. The van der Waals surface area contributed by atoms with Crippen molar-refractivity contribution in [2.24, 2.45) is 0 Å². The van der Waals surface area contributed by atoms with Crippen molar-refractivity contribution in [1.82, 2.24) is 15.1 Å². The van der Waals surface area contributed by atoms with E-state index in [2.05, 4.69) is 10.4 Å². The third-order valence-corrected chi connectivity index (χ3v) is 5.50. The van der Waals surface area contributed by atoms with Crippen molar-refractivity contribution >= 4 is 39.1 Å². The first-order chi connectivity index (χ1) is 12.6. The van der Waals surface area contributed by atoms with Crippen LogP contribution in [-0.4, -0.2) is 15.7 Å². The Balaban J connectivity index is 1.59. The Kier molecular flexibility index (Phi) is 4.49.